The number of piperidine rings is 2. The Morgan fingerprint density at radius 1 is 1.07 bits per heavy atom. The zero-order valence-corrected chi connectivity index (χ0v) is 17.1. The number of imide groups is 1. The maximum Gasteiger partial charge on any atom is 0.325 e. The Kier molecular flexibility index (Phi) is 5.63. The van der Waals surface area contributed by atoms with Crippen LogP contribution < -0.4 is 5.32 Å². The predicted molar refractivity (Wildman–Crippen MR) is 106 cm³/mol. The largest absolute Gasteiger partial charge is 0.341 e. The number of carbonyl (C=O) groups excluding carboxylic acids is 3. The lowest BCUT2D eigenvalue weighted by Crippen LogP contribution is -2.56. The molecule has 3 saturated heterocycles. The number of hydrogen-bond donors (Lipinski definition) is 1. The van der Waals surface area contributed by atoms with Crippen molar-refractivity contribution < 1.29 is 14.4 Å². The lowest BCUT2D eigenvalue weighted by atomic mass is 9.87. The van der Waals surface area contributed by atoms with Gasteiger partial charge in [0.15, 0.2) is 0 Å². The normalized spacial score (nSPS) is 29.0. The fourth-order valence-corrected chi connectivity index (χ4v) is 5.55. The van der Waals surface area contributed by atoms with Gasteiger partial charge in [0.1, 0.15) is 5.54 Å². The summed E-state index contributed by atoms with van der Waals surface area (Å²) in [4.78, 5) is 44.4. The van der Waals surface area contributed by atoms with Crippen molar-refractivity contribution in [3.05, 3.63) is 0 Å². The van der Waals surface area contributed by atoms with E-state index < -0.39 is 5.54 Å². The third kappa shape index (κ3) is 3.65. The maximum atomic E-state index is 13.3. The van der Waals surface area contributed by atoms with Gasteiger partial charge in [-0.05, 0) is 51.0 Å². The van der Waals surface area contributed by atoms with Gasteiger partial charge in [0.25, 0.3) is 5.91 Å². The third-order valence-corrected chi connectivity index (χ3v) is 7.40. The molecule has 156 valence electrons. The average Bonchev–Trinajstić information content (AvgIpc) is 3.29. The first-order valence-electron chi connectivity index (χ1n) is 11.2. The topological polar surface area (TPSA) is 73.0 Å². The average molecular weight is 391 g/mol. The van der Waals surface area contributed by atoms with Gasteiger partial charge in [-0.2, -0.15) is 0 Å². The smallest absolute Gasteiger partial charge is 0.325 e. The maximum absolute atomic E-state index is 13.3. The van der Waals surface area contributed by atoms with E-state index in [0.29, 0.717) is 31.7 Å². The highest BCUT2D eigenvalue weighted by Gasteiger charge is 2.54. The van der Waals surface area contributed by atoms with Crippen LogP contribution in [0.15, 0.2) is 0 Å². The number of carbonyl (C=O) groups is 3. The van der Waals surface area contributed by atoms with Gasteiger partial charge in [0, 0.05) is 32.6 Å². The quantitative estimate of drug-likeness (QED) is 0.745. The highest BCUT2D eigenvalue weighted by atomic mass is 16.2. The molecule has 1 N–H and O–H groups in total. The van der Waals surface area contributed by atoms with Crippen LogP contribution in [0.4, 0.5) is 4.79 Å². The number of hydrogen-bond acceptors (Lipinski definition) is 4. The van der Waals surface area contributed by atoms with Crippen LogP contribution in [0.25, 0.3) is 0 Å². The molecule has 7 nitrogen and oxygen atoms in total. The summed E-state index contributed by atoms with van der Waals surface area (Å²) in [5.74, 6) is 0.662. The van der Waals surface area contributed by atoms with Crippen LogP contribution in [0.5, 0.6) is 0 Å². The summed E-state index contributed by atoms with van der Waals surface area (Å²) < 4.78 is 0. The van der Waals surface area contributed by atoms with Crippen LogP contribution in [0.3, 0.4) is 0 Å². The minimum atomic E-state index is -0.723. The molecular formula is C21H34N4O3. The molecule has 3 heterocycles. The Labute approximate surface area is 167 Å². The van der Waals surface area contributed by atoms with Crippen molar-refractivity contribution in [2.24, 2.45) is 5.92 Å². The first kappa shape index (κ1) is 19.7. The van der Waals surface area contributed by atoms with Crippen molar-refractivity contribution >= 4 is 17.8 Å². The summed E-state index contributed by atoms with van der Waals surface area (Å²) in [6, 6.07) is -0.442. The molecule has 0 radical (unpaired) electrons. The zero-order chi connectivity index (χ0) is 19.7. The standard InChI is InChI=1S/C21H34N4O3/c1-2-23-12-9-21(10-13-23)19(27)25(20(28)22-21)17-8-5-11-24(15-17)18(26)14-16-6-3-4-7-16/h16-17H,2-15H2,1H3,(H,22,28). The highest BCUT2D eigenvalue weighted by Crippen LogP contribution is 2.33. The third-order valence-electron chi connectivity index (χ3n) is 7.40. The molecule has 1 unspecified atom stereocenters. The Balaban J connectivity index is 1.39. The number of urea groups is 1. The Morgan fingerprint density at radius 3 is 2.46 bits per heavy atom. The van der Waals surface area contributed by atoms with E-state index in [1.165, 1.54) is 17.7 Å². The number of rotatable bonds is 4. The number of nitrogens with zero attached hydrogens (tertiary/aromatic N) is 3. The lowest BCUT2D eigenvalue weighted by molar-refractivity contribution is -0.139. The lowest BCUT2D eigenvalue weighted by Gasteiger charge is -2.39. The molecule has 7 heteroatoms. The number of amides is 4. The van der Waals surface area contributed by atoms with Gasteiger partial charge in [-0.3, -0.25) is 14.5 Å². The molecule has 3 aliphatic heterocycles. The summed E-state index contributed by atoms with van der Waals surface area (Å²) in [5.41, 5.74) is -0.723. The van der Waals surface area contributed by atoms with Gasteiger partial charge < -0.3 is 15.1 Å². The molecule has 4 aliphatic rings. The van der Waals surface area contributed by atoms with Crippen LogP contribution in [0, 0.1) is 5.92 Å². The molecule has 0 aromatic carbocycles. The summed E-state index contributed by atoms with van der Waals surface area (Å²) in [5, 5.41) is 3.02. The summed E-state index contributed by atoms with van der Waals surface area (Å²) in [6.45, 7) is 6.03. The monoisotopic (exact) mass is 390 g/mol. The van der Waals surface area contributed by atoms with Crippen LogP contribution in [0.2, 0.25) is 0 Å². The molecular weight excluding hydrogens is 356 g/mol. The minimum Gasteiger partial charge on any atom is -0.341 e. The molecule has 0 aromatic heterocycles. The van der Waals surface area contributed by atoms with Crippen LogP contribution >= 0.6 is 0 Å². The highest BCUT2D eigenvalue weighted by molar-refractivity contribution is 6.07. The van der Waals surface area contributed by atoms with Crippen LogP contribution in [-0.4, -0.2) is 76.8 Å². The van der Waals surface area contributed by atoms with Crippen molar-refractivity contribution in [1.29, 1.82) is 0 Å². The van der Waals surface area contributed by atoms with Crippen molar-refractivity contribution in [1.82, 2.24) is 20.0 Å². The summed E-state index contributed by atoms with van der Waals surface area (Å²) >= 11 is 0. The van der Waals surface area contributed by atoms with Gasteiger partial charge in [0.2, 0.25) is 5.91 Å². The van der Waals surface area contributed by atoms with Gasteiger partial charge in [-0.1, -0.05) is 19.8 Å². The molecule has 0 aromatic rings. The molecule has 1 spiro atoms. The van der Waals surface area contributed by atoms with Gasteiger partial charge in [-0.25, -0.2) is 4.79 Å². The second kappa shape index (κ2) is 8.01. The molecule has 28 heavy (non-hydrogen) atoms. The first-order chi connectivity index (χ1) is 13.5. The second-order valence-electron chi connectivity index (χ2n) is 9.11. The fourth-order valence-electron chi connectivity index (χ4n) is 5.55. The molecule has 4 fully saturated rings. The predicted octanol–water partition coefficient (Wildman–Crippen LogP) is 1.96. The van der Waals surface area contributed by atoms with E-state index in [2.05, 4.69) is 17.1 Å². The summed E-state index contributed by atoms with van der Waals surface area (Å²) in [6.07, 6.45) is 8.43. The summed E-state index contributed by atoms with van der Waals surface area (Å²) in [7, 11) is 0. The SMILES string of the molecule is CCN1CCC2(CC1)NC(=O)N(C1CCCN(C(=O)CC3CCCC3)C1)C2=O. The molecule has 1 atom stereocenters. The number of likely N-dealkylation sites (tertiary alicyclic amines) is 2. The van der Waals surface area contributed by atoms with Crippen LogP contribution in [0.1, 0.15) is 64.7 Å². The van der Waals surface area contributed by atoms with E-state index >= 15 is 0 Å². The van der Waals surface area contributed by atoms with E-state index in [1.807, 2.05) is 4.90 Å². The second-order valence-corrected chi connectivity index (χ2v) is 9.11. The Hall–Kier alpha value is -1.63. The van der Waals surface area contributed by atoms with E-state index in [4.69, 9.17) is 0 Å². The van der Waals surface area contributed by atoms with Crippen molar-refractivity contribution in [3.8, 4) is 0 Å². The van der Waals surface area contributed by atoms with Crippen LogP contribution in [-0.2, 0) is 9.59 Å². The Bertz CT molecular complexity index is 623. The minimum absolute atomic E-state index is 0.0663. The molecule has 1 aliphatic carbocycles. The zero-order valence-electron chi connectivity index (χ0n) is 17.1. The van der Waals surface area contributed by atoms with E-state index in [-0.39, 0.29) is 23.9 Å². The van der Waals surface area contributed by atoms with Gasteiger partial charge >= 0.3 is 6.03 Å². The van der Waals surface area contributed by atoms with Crippen molar-refractivity contribution in [3.63, 3.8) is 0 Å². The first-order valence-corrected chi connectivity index (χ1v) is 11.2. The number of nitrogens with one attached hydrogen (secondary N) is 1. The molecule has 1 saturated carbocycles. The Morgan fingerprint density at radius 2 is 1.79 bits per heavy atom. The van der Waals surface area contributed by atoms with Gasteiger partial charge in [0.05, 0.1) is 6.04 Å². The van der Waals surface area contributed by atoms with E-state index in [9.17, 15) is 14.4 Å². The van der Waals surface area contributed by atoms with Gasteiger partial charge in [-0.15, -0.1) is 0 Å². The van der Waals surface area contributed by atoms with E-state index in [0.717, 1.165) is 51.9 Å². The van der Waals surface area contributed by atoms with Crippen molar-refractivity contribution in [2.75, 3.05) is 32.7 Å². The molecule has 4 rings (SSSR count). The van der Waals surface area contributed by atoms with Crippen molar-refractivity contribution in [2.45, 2.75) is 76.3 Å². The molecule has 0 bridgehead atoms. The fraction of sp³-hybridized carbons (Fsp3) is 0.857. The van der Waals surface area contributed by atoms with E-state index in [1.54, 1.807) is 0 Å². The molecule has 4 amide bonds.